The van der Waals surface area contributed by atoms with E-state index in [-0.39, 0.29) is 5.91 Å². The number of benzene rings is 1. The first kappa shape index (κ1) is 12.0. The molecule has 0 unspecified atom stereocenters. The van der Waals surface area contributed by atoms with E-state index in [4.69, 9.17) is 17.3 Å². The highest BCUT2D eigenvalue weighted by Gasteiger charge is 2.26. The highest BCUT2D eigenvalue weighted by atomic mass is 35.5. The summed E-state index contributed by atoms with van der Waals surface area (Å²) in [4.78, 5) is 18.1. The Morgan fingerprint density at radius 3 is 3.00 bits per heavy atom. The number of carbonyl (C=O) groups is 1. The van der Waals surface area contributed by atoms with E-state index >= 15 is 0 Å². The molecule has 1 aromatic carbocycles. The van der Waals surface area contributed by atoms with Crippen molar-refractivity contribution >= 4 is 28.9 Å². The number of pyridine rings is 1. The molecule has 4 nitrogen and oxygen atoms in total. The predicted octanol–water partition coefficient (Wildman–Crippen LogP) is 2.52. The maximum absolute atomic E-state index is 12.5. The number of carbonyl (C=O) groups excluding carboxylic acids is 1. The van der Waals surface area contributed by atoms with Crippen LogP contribution >= 0.6 is 11.6 Å². The van der Waals surface area contributed by atoms with Crippen LogP contribution < -0.4 is 10.6 Å². The Morgan fingerprint density at radius 2 is 2.21 bits per heavy atom. The molecule has 2 N–H and O–H groups in total. The fourth-order valence-corrected chi connectivity index (χ4v) is 2.50. The van der Waals surface area contributed by atoms with E-state index in [0.29, 0.717) is 22.8 Å². The molecule has 2 aromatic rings. The summed E-state index contributed by atoms with van der Waals surface area (Å²) in [6, 6.07) is 7.28. The molecule has 1 amide bonds. The van der Waals surface area contributed by atoms with Crippen molar-refractivity contribution in [3.05, 3.63) is 52.8 Å². The van der Waals surface area contributed by atoms with E-state index in [9.17, 15) is 4.79 Å². The summed E-state index contributed by atoms with van der Waals surface area (Å²) >= 11 is 6.02. The molecule has 0 saturated heterocycles. The van der Waals surface area contributed by atoms with E-state index in [0.717, 1.165) is 17.7 Å². The molecule has 0 radical (unpaired) electrons. The third kappa shape index (κ3) is 2.04. The van der Waals surface area contributed by atoms with Crippen LogP contribution in [0.25, 0.3) is 0 Å². The molecule has 5 heteroatoms. The Bertz CT molecular complexity index is 657. The largest absolute Gasteiger partial charge is 0.399 e. The van der Waals surface area contributed by atoms with Gasteiger partial charge in [-0.3, -0.25) is 9.78 Å². The maximum Gasteiger partial charge on any atom is 0.259 e. The fraction of sp³-hybridized carbons (Fsp3) is 0.143. The van der Waals surface area contributed by atoms with Gasteiger partial charge in [0, 0.05) is 30.3 Å². The number of amides is 1. The standard InChI is InChI=1S/C14H12ClN3O/c15-12-8-17-5-3-11(12)14(19)18-6-4-9-1-2-10(16)7-13(9)18/h1-3,5,7-8H,4,6,16H2. The van der Waals surface area contributed by atoms with Gasteiger partial charge < -0.3 is 10.6 Å². The number of nitrogens with zero attached hydrogens (tertiary/aromatic N) is 2. The Kier molecular flexibility index (Phi) is 2.87. The van der Waals surface area contributed by atoms with Crippen molar-refractivity contribution in [3.63, 3.8) is 0 Å². The molecule has 0 saturated carbocycles. The SMILES string of the molecule is Nc1ccc2c(c1)N(C(=O)c1ccncc1Cl)CC2. The zero-order valence-corrected chi connectivity index (χ0v) is 10.9. The summed E-state index contributed by atoms with van der Waals surface area (Å²) in [7, 11) is 0. The van der Waals surface area contributed by atoms with E-state index < -0.39 is 0 Å². The molecule has 1 aliphatic heterocycles. The van der Waals surface area contributed by atoms with Gasteiger partial charge in [-0.05, 0) is 30.2 Å². The predicted molar refractivity (Wildman–Crippen MR) is 75.5 cm³/mol. The van der Waals surface area contributed by atoms with Gasteiger partial charge >= 0.3 is 0 Å². The van der Waals surface area contributed by atoms with Crippen molar-refractivity contribution in [3.8, 4) is 0 Å². The Hall–Kier alpha value is -2.07. The van der Waals surface area contributed by atoms with E-state index in [2.05, 4.69) is 4.98 Å². The lowest BCUT2D eigenvalue weighted by Crippen LogP contribution is -2.29. The topological polar surface area (TPSA) is 59.2 Å². The second kappa shape index (κ2) is 4.55. The average Bonchev–Trinajstić information content (AvgIpc) is 2.81. The van der Waals surface area contributed by atoms with Crippen LogP contribution in [0.5, 0.6) is 0 Å². The normalized spacial score (nSPS) is 13.4. The van der Waals surface area contributed by atoms with Crippen molar-refractivity contribution in [2.45, 2.75) is 6.42 Å². The molecule has 1 aromatic heterocycles. The molecule has 96 valence electrons. The number of fused-ring (bicyclic) bond motifs is 1. The van der Waals surface area contributed by atoms with Gasteiger partial charge in [0.1, 0.15) is 0 Å². The minimum Gasteiger partial charge on any atom is -0.399 e. The number of aromatic nitrogens is 1. The minimum absolute atomic E-state index is 0.114. The lowest BCUT2D eigenvalue weighted by Gasteiger charge is -2.18. The first-order chi connectivity index (χ1) is 9.16. The number of nitrogens with two attached hydrogens (primary N) is 1. The number of rotatable bonds is 1. The van der Waals surface area contributed by atoms with Crippen LogP contribution in [0, 0.1) is 0 Å². The van der Waals surface area contributed by atoms with Crippen LogP contribution in [0.2, 0.25) is 5.02 Å². The number of nitrogen functional groups attached to an aromatic ring is 1. The molecule has 0 aliphatic carbocycles. The third-order valence-electron chi connectivity index (χ3n) is 3.25. The molecule has 0 spiro atoms. The zero-order valence-electron chi connectivity index (χ0n) is 10.1. The molecular weight excluding hydrogens is 262 g/mol. The second-order valence-corrected chi connectivity index (χ2v) is 4.86. The Morgan fingerprint density at radius 1 is 1.37 bits per heavy atom. The van der Waals surface area contributed by atoms with Gasteiger partial charge in [-0.1, -0.05) is 17.7 Å². The number of halogens is 1. The smallest absolute Gasteiger partial charge is 0.259 e. The molecule has 0 bridgehead atoms. The van der Waals surface area contributed by atoms with Crippen LogP contribution in [-0.4, -0.2) is 17.4 Å². The van der Waals surface area contributed by atoms with Crippen LogP contribution in [0.15, 0.2) is 36.7 Å². The number of hydrogen-bond donors (Lipinski definition) is 1. The molecule has 0 atom stereocenters. The van der Waals surface area contributed by atoms with Crippen LogP contribution in [0.4, 0.5) is 11.4 Å². The van der Waals surface area contributed by atoms with Gasteiger partial charge in [0.15, 0.2) is 0 Å². The van der Waals surface area contributed by atoms with E-state index in [1.54, 1.807) is 17.2 Å². The summed E-state index contributed by atoms with van der Waals surface area (Å²) < 4.78 is 0. The van der Waals surface area contributed by atoms with Crippen molar-refractivity contribution in [1.82, 2.24) is 4.98 Å². The summed E-state index contributed by atoms with van der Waals surface area (Å²) in [5, 5.41) is 0.366. The zero-order chi connectivity index (χ0) is 13.4. The second-order valence-electron chi connectivity index (χ2n) is 4.45. The molecule has 3 rings (SSSR count). The van der Waals surface area contributed by atoms with E-state index in [1.807, 2.05) is 18.2 Å². The Labute approximate surface area is 115 Å². The summed E-state index contributed by atoms with van der Waals surface area (Å²) in [5.74, 6) is -0.114. The highest BCUT2D eigenvalue weighted by Crippen LogP contribution is 2.31. The van der Waals surface area contributed by atoms with Crippen molar-refractivity contribution in [1.29, 1.82) is 0 Å². The van der Waals surface area contributed by atoms with Gasteiger partial charge in [0.05, 0.1) is 10.6 Å². The lowest BCUT2D eigenvalue weighted by atomic mass is 10.1. The van der Waals surface area contributed by atoms with Gasteiger partial charge in [-0.2, -0.15) is 0 Å². The van der Waals surface area contributed by atoms with Crippen LogP contribution in [-0.2, 0) is 6.42 Å². The van der Waals surface area contributed by atoms with Crippen molar-refractivity contribution in [2.24, 2.45) is 0 Å². The van der Waals surface area contributed by atoms with Gasteiger partial charge in [-0.15, -0.1) is 0 Å². The summed E-state index contributed by atoms with van der Waals surface area (Å²) in [6.07, 6.45) is 3.88. The maximum atomic E-state index is 12.5. The highest BCUT2D eigenvalue weighted by molar-refractivity contribution is 6.34. The lowest BCUT2D eigenvalue weighted by molar-refractivity contribution is 0.0989. The first-order valence-corrected chi connectivity index (χ1v) is 6.34. The van der Waals surface area contributed by atoms with Gasteiger partial charge in [0.2, 0.25) is 0 Å². The number of anilines is 2. The average molecular weight is 274 g/mol. The molecular formula is C14H12ClN3O. The first-order valence-electron chi connectivity index (χ1n) is 5.96. The summed E-state index contributed by atoms with van der Waals surface area (Å²) in [6.45, 7) is 0.649. The van der Waals surface area contributed by atoms with Crippen LogP contribution in [0.3, 0.4) is 0 Å². The van der Waals surface area contributed by atoms with Crippen molar-refractivity contribution in [2.75, 3.05) is 17.2 Å². The molecule has 2 heterocycles. The van der Waals surface area contributed by atoms with E-state index in [1.165, 1.54) is 6.20 Å². The monoisotopic (exact) mass is 273 g/mol. The quantitative estimate of drug-likeness (QED) is 0.812. The minimum atomic E-state index is -0.114. The molecule has 19 heavy (non-hydrogen) atoms. The fourth-order valence-electron chi connectivity index (χ4n) is 2.30. The van der Waals surface area contributed by atoms with Gasteiger partial charge in [-0.25, -0.2) is 0 Å². The van der Waals surface area contributed by atoms with Crippen LogP contribution in [0.1, 0.15) is 15.9 Å². The Balaban J connectivity index is 2.00. The summed E-state index contributed by atoms with van der Waals surface area (Å²) in [5.41, 5.74) is 8.91. The number of hydrogen-bond acceptors (Lipinski definition) is 3. The third-order valence-corrected chi connectivity index (χ3v) is 3.55. The molecule has 0 fully saturated rings. The molecule has 1 aliphatic rings. The van der Waals surface area contributed by atoms with Crippen molar-refractivity contribution < 1.29 is 4.79 Å². The van der Waals surface area contributed by atoms with Gasteiger partial charge in [0.25, 0.3) is 5.91 Å².